The Morgan fingerprint density at radius 3 is 1.68 bits per heavy atom. The molecule has 0 heterocycles. The zero-order chi connectivity index (χ0) is 13.2. The monoisotopic (exact) mass is 250 g/mol. The summed E-state index contributed by atoms with van der Waals surface area (Å²) in [5, 5.41) is 4.81. The molecule has 3 rings (SSSR count). The molecule has 0 saturated heterocycles. The van der Waals surface area contributed by atoms with Gasteiger partial charge < -0.3 is 11.5 Å². The van der Waals surface area contributed by atoms with Crippen LogP contribution in [0, 0.1) is 0 Å². The molecule has 0 spiro atoms. The van der Waals surface area contributed by atoms with Crippen molar-refractivity contribution in [2.24, 2.45) is 5.73 Å². The summed E-state index contributed by atoms with van der Waals surface area (Å²) < 4.78 is 0. The van der Waals surface area contributed by atoms with Gasteiger partial charge in [-0.3, -0.25) is 0 Å². The minimum absolute atomic E-state index is 0.715. The van der Waals surface area contributed by atoms with E-state index in [0.717, 1.165) is 29.3 Å². The highest BCUT2D eigenvalue weighted by atomic mass is 14.6. The second-order valence-electron chi connectivity index (χ2n) is 4.88. The first-order valence-electron chi connectivity index (χ1n) is 6.71. The van der Waals surface area contributed by atoms with Crippen molar-refractivity contribution in [3.8, 4) is 0 Å². The lowest BCUT2D eigenvalue weighted by atomic mass is 9.92. The maximum atomic E-state index is 6.33. The van der Waals surface area contributed by atoms with Crippen LogP contribution in [-0.2, 0) is 6.42 Å². The number of fused-ring (bicyclic) bond motifs is 2. The normalized spacial score (nSPS) is 11.2. The zero-order valence-electron chi connectivity index (χ0n) is 10.9. The average molecular weight is 250 g/mol. The van der Waals surface area contributed by atoms with Gasteiger partial charge in [-0.1, -0.05) is 48.5 Å². The van der Waals surface area contributed by atoms with Crippen LogP contribution in [0.2, 0.25) is 0 Å². The Morgan fingerprint density at radius 2 is 1.21 bits per heavy atom. The van der Waals surface area contributed by atoms with Crippen molar-refractivity contribution >= 4 is 27.2 Å². The van der Waals surface area contributed by atoms with E-state index >= 15 is 0 Å². The van der Waals surface area contributed by atoms with Crippen molar-refractivity contribution in [2.75, 3.05) is 12.3 Å². The molecule has 0 bridgehead atoms. The van der Waals surface area contributed by atoms with Gasteiger partial charge in [0.1, 0.15) is 0 Å². The molecule has 0 amide bonds. The first-order chi connectivity index (χ1) is 9.33. The van der Waals surface area contributed by atoms with Gasteiger partial charge in [0.2, 0.25) is 0 Å². The number of nitrogen functional groups attached to an aromatic ring is 1. The van der Waals surface area contributed by atoms with E-state index < -0.39 is 0 Å². The van der Waals surface area contributed by atoms with E-state index in [1.54, 1.807) is 0 Å². The smallest absolute Gasteiger partial charge is 0.0473 e. The van der Waals surface area contributed by atoms with Crippen LogP contribution >= 0.6 is 0 Å². The molecule has 2 heteroatoms. The van der Waals surface area contributed by atoms with Crippen LogP contribution in [0.1, 0.15) is 12.0 Å². The third kappa shape index (κ3) is 1.94. The van der Waals surface area contributed by atoms with Crippen LogP contribution in [0.25, 0.3) is 21.5 Å². The highest BCUT2D eigenvalue weighted by Gasteiger charge is 2.10. The number of anilines is 1. The second kappa shape index (κ2) is 4.90. The molecule has 3 aromatic rings. The number of benzene rings is 3. The Balaban J connectivity index is 2.42. The molecule has 0 aliphatic carbocycles. The quantitative estimate of drug-likeness (QED) is 0.552. The lowest BCUT2D eigenvalue weighted by molar-refractivity contribution is 0.841. The minimum Gasteiger partial charge on any atom is -0.398 e. The number of nitrogens with two attached hydrogens (primary N) is 2. The lowest BCUT2D eigenvalue weighted by Crippen LogP contribution is -2.02. The van der Waals surface area contributed by atoms with E-state index in [1.165, 1.54) is 16.3 Å². The molecule has 0 aliphatic heterocycles. The first kappa shape index (κ1) is 12.0. The second-order valence-corrected chi connectivity index (χ2v) is 4.88. The number of hydrogen-bond donors (Lipinski definition) is 2. The van der Waals surface area contributed by atoms with Gasteiger partial charge in [-0.2, -0.15) is 0 Å². The number of hydrogen-bond acceptors (Lipinski definition) is 2. The third-order valence-corrected chi connectivity index (χ3v) is 3.72. The van der Waals surface area contributed by atoms with Gasteiger partial charge in [0.05, 0.1) is 0 Å². The van der Waals surface area contributed by atoms with Crippen molar-refractivity contribution in [2.45, 2.75) is 12.8 Å². The maximum Gasteiger partial charge on any atom is 0.0473 e. The van der Waals surface area contributed by atoms with Gasteiger partial charge in [0.15, 0.2) is 0 Å². The van der Waals surface area contributed by atoms with E-state index in [-0.39, 0.29) is 0 Å². The zero-order valence-corrected chi connectivity index (χ0v) is 10.9. The van der Waals surface area contributed by atoms with Crippen molar-refractivity contribution in [1.29, 1.82) is 0 Å². The van der Waals surface area contributed by atoms with Gasteiger partial charge >= 0.3 is 0 Å². The van der Waals surface area contributed by atoms with E-state index in [1.807, 2.05) is 12.1 Å². The predicted molar refractivity (Wildman–Crippen MR) is 83.2 cm³/mol. The van der Waals surface area contributed by atoms with Gasteiger partial charge in [0, 0.05) is 16.5 Å². The Labute approximate surface area is 113 Å². The van der Waals surface area contributed by atoms with Gasteiger partial charge in [-0.25, -0.2) is 0 Å². The van der Waals surface area contributed by atoms with E-state index in [0.29, 0.717) is 6.54 Å². The molecular formula is C17H18N2. The topological polar surface area (TPSA) is 52.0 Å². The molecule has 0 fully saturated rings. The van der Waals surface area contributed by atoms with Crippen LogP contribution in [0.4, 0.5) is 5.69 Å². The first-order valence-corrected chi connectivity index (χ1v) is 6.71. The van der Waals surface area contributed by atoms with Crippen LogP contribution in [0.3, 0.4) is 0 Å². The molecule has 0 aromatic heterocycles. The minimum atomic E-state index is 0.715. The van der Waals surface area contributed by atoms with Gasteiger partial charge in [0.25, 0.3) is 0 Å². The van der Waals surface area contributed by atoms with Crippen LogP contribution in [-0.4, -0.2) is 6.54 Å². The SMILES string of the molecule is NCCCc1c2ccccc2c(N)c2ccccc12. The maximum absolute atomic E-state index is 6.33. The van der Waals surface area contributed by atoms with Crippen molar-refractivity contribution in [3.63, 3.8) is 0 Å². The molecular weight excluding hydrogens is 232 g/mol. The fourth-order valence-electron chi connectivity index (χ4n) is 2.80. The van der Waals surface area contributed by atoms with E-state index in [2.05, 4.69) is 36.4 Å². The Kier molecular flexibility index (Phi) is 3.10. The van der Waals surface area contributed by atoms with Gasteiger partial charge in [-0.05, 0) is 35.7 Å². The lowest BCUT2D eigenvalue weighted by Gasteiger charge is -2.14. The van der Waals surface area contributed by atoms with Crippen LogP contribution in [0.5, 0.6) is 0 Å². The Hall–Kier alpha value is -2.06. The van der Waals surface area contributed by atoms with Crippen LogP contribution in [0.15, 0.2) is 48.5 Å². The summed E-state index contributed by atoms with van der Waals surface area (Å²) in [6.45, 7) is 0.715. The summed E-state index contributed by atoms with van der Waals surface area (Å²) in [5.41, 5.74) is 14.2. The highest BCUT2D eigenvalue weighted by Crippen LogP contribution is 2.35. The fourth-order valence-corrected chi connectivity index (χ4v) is 2.80. The van der Waals surface area contributed by atoms with Crippen LogP contribution < -0.4 is 11.5 Å². The average Bonchev–Trinajstić information content (AvgIpc) is 2.47. The third-order valence-electron chi connectivity index (χ3n) is 3.72. The summed E-state index contributed by atoms with van der Waals surface area (Å²) in [6.07, 6.45) is 2.00. The molecule has 2 nitrogen and oxygen atoms in total. The van der Waals surface area contributed by atoms with E-state index in [4.69, 9.17) is 11.5 Å². The summed E-state index contributed by atoms with van der Waals surface area (Å²) >= 11 is 0. The molecule has 0 saturated carbocycles. The summed E-state index contributed by atoms with van der Waals surface area (Å²) in [6, 6.07) is 16.7. The largest absolute Gasteiger partial charge is 0.398 e. The molecule has 4 N–H and O–H groups in total. The molecule has 96 valence electrons. The molecule has 19 heavy (non-hydrogen) atoms. The molecule has 0 radical (unpaired) electrons. The van der Waals surface area contributed by atoms with Crippen molar-refractivity contribution < 1.29 is 0 Å². The molecule has 3 aromatic carbocycles. The van der Waals surface area contributed by atoms with Crippen molar-refractivity contribution in [1.82, 2.24) is 0 Å². The summed E-state index contributed by atoms with van der Waals surface area (Å²) in [4.78, 5) is 0. The predicted octanol–water partition coefficient (Wildman–Crippen LogP) is 3.47. The molecule has 0 atom stereocenters. The van der Waals surface area contributed by atoms with Gasteiger partial charge in [-0.15, -0.1) is 0 Å². The standard InChI is InChI=1S/C17H18N2/c18-11-5-10-12-13-6-1-3-8-15(13)17(19)16-9-4-2-7-14(12)16/h1-4,6-9H,5,10-11,18-19H2. The highest BCUT2D eigenvalue weighted by molar-refractivity contribution is 6.12. The fraction of sp³-hybridized carbons (Fsp3) is 0.176. The number of rotatable bonds is 3. The Morgan fingerprint density at radius 1 is 0.737 bits per heavy atom. The molecule has 0 aliphatic rings. The summed E-state index contributed by atoms with van der Waals surface area (Å²) in [5.74, 6) is 0. The van der Waals surface area contributed by atoms with Crippen molar-refractivity contribution in [3.05, 3.63) is 54.1 Å². The summed E-state index contributed by atoms with van der Waals surface area (Å²) in [7, 11) is 0. The van der Waals surface area contributed by atoms with E-state index in [9.17, 15) is 0 Å². The number of aryl methyl sites for hydroxylation is 1. The molecule has 0 unspecified atom stereocenters. The Bertz CT molecular complexity index is 675.